The van der Waals surface area contributed by atoms with Gasteiger partial charge in [-0.2, -0.15) is 0 Å². The van der Waals surface area contributed by atoms with Crippen LogP contribution in [0, 0.1) is 0 Å². The van der Waals surface area contributed by atoms with Crippen LogP contribution in [0.3, 0.4) is 0 Å². The van der Waals surface area contributed by atoms with Gasteiger partial charge in [-0.3, -0.25) is 0 Å². The molecule has 0 aliphatic carbocycles. The molecule has 1 rings (SSSR count). The molecule has 0 aromatic heterocycles. The van der Waals surface area contributed by atoms with Crippen LogP contribution in [-0.2, 0) is 16.4 Å². The van der Waals surface area contributed by atoms with Crippen LogP contribution in [0.4, 0.5) is 0 Å². The standard InChI is InChI=1S/C11H18N2O3S/c1-17(15,16)11-4-2-9(3-5-11)6-13-7-10(12)8-14/h2-5,10,13-14H,6-8,12H2,1H3. The fourth-order valence-electron chi connectivity index (χ4n) is 1.32. The second-order valence-corrected chi connectivity index (χ2v) is 6.01. The lowest BCUT2D eigenvalue weighted by Crippen LogP contribution is -2.36. The molecule has 0 radical (unpaired) electrons. The van der Waals surface area contributed by atoms with Gasteiger partial charge < -0.3 is 16.2 Å². The summed E-state index contributed by atoms with van der Waals surface area (Å²) in [5, 5.41) is 11.8. The molecule has 0 amide bonds. The molecule has 0 aliphatic heterocycles. The zero-order valence-corrected chi connectivity index (χ0v) is 10.6. The number of hydrogen-bond acceptors (Lipinski definition) is 5. The third-order valence-corrected chi connectivity index (χ3v) is 3.45. The van der Waals surface area contributed by atoms with Crippen molar-refractivity contribution in [1.29, 1.82) is 0 Å². The fourth-order valence-corrected chi connectivity index (χ4v) is 1.95. The van der Waals surface area contributed by atoms with Crippen molar-refractivity contribution in [2.75, 3.05) is 19.4 Å². The number of aliphatic hydroxyl groups excluding tert-OH is 1. The SMILES string of the molecule is CS(=O)(=O)c1ccc(CNCC(N)CO)cc1. The quantitative estimate of drug-likeness (QED) is 0.639. The van der Waals surface area contributed by atoms with E-state index in [1.54, 1.807) is 24.3 Å². The Morgan fingerprint density at radius 1 is 1.35 bits per heavy atom. The van der Waals surface area contributed by atoms with Crippen molar-refractivity contribution in [3.8, 4) is 0 Å². The van der Waals surface area contributed by atoms with Crippen molar-refractivity contribution in [2.45, 2.75) is 17.5 Å². The minimum absolute atomic E-state index is 0.0555. The van der Waals surface area contributed by atoms with Crippen LogP contribution in [0.15, 0.2) is 29.2 Å². The average Bonchev–Trinajstić information content (AvgIpc) is 2.28. The lowest BCUT2D eigenvalue weighted by molar-refractivity contribution is 0.262. The van der Waals surface area contributed by atoms with Crippen LogP contribution in [0.1, 0.15) is 5.56 Å². The summed E-state index contributed by atoms with van der Waals surface area (Å²) in [4.78, 5) is 0.313. The van der Waals surface area contributed by atoms with Gasteiger partial charge in [0.25, 0.3) is 0 Å². The van der Waals surface area contributed by atoms with E-state index in [4.69, 9.17) is 10.8 Å². The van der Waals surface area contributed by atoms with Gasteiger partial charge in [-0.15, -0.1) is 0 Å². The molecular weight excluding hydrogens is 240 g/mol. The van der Waals surface area contributed by atoms with E-state index in [2.05, 4.69) is 5.32 Å². The Kier molecular flexibility index (Phi) is 5.07. The maximum Gasteiger partial charge on any atom is 0.175 e. The van der Waals surface area contributed by atoms with E-state index < -0.39 is 9.84 Å². The monoisotopic (exact) mass is 258 g/mol. The molecule has 0 spiro atoms. The van der Waals surface area contributed by atoms with Gasteiger partial charge in [0.15, 0.2) is 9.84 Å². The van der Waals surface area contributed by atoms with Gasteiger partial charge in [0.05, 0.1) is 11.5 Å². The number of rotatable bonds is 6. The summed E-state index contributed by atoms with van der Waals surface area (Å²) in [7, 11) is -3.13. The molecule has 0 fully saturated rings. The largest absolute Gasteiger partial charge is 0.395 e. The summed E-state index contributed by atoms with van der Waals surface area (Å²) in [6, 6.07) is 6.41. The predicted octanol–water partition coefficient (Wildman–Crippen LogP) is -0.501. The van der Waals surface area contributed by atoms with Crippen LogP contribution in [0.25, 0.3) is 0 Å². The Morgan fingerprint density at radius 3 is 2.41 bits per heavy atom. The highest BCUT2D eigenvalue weighted by molar-refractivity contribution is 7.90. The molecule has 0 saturated heterocycles. The van der Waals surface area contributed by atoms with E-state index in [1.165, 1.54) is 6.26 Å². The Morgan fingerprint density at radius 2 is 1.94 bits per heavy atom. The number of aliphatic hydroxyl groups is 1. The van der Waals surface area contributed by atoms with Gasteiger partial charge in [0, 0.05) is 25.4 Å². The first-order valence-corrected chi connectivity index (χ1v) is 7.19. The van der Waals surface area contributed by atoms with E-state index in [0.717, 1.165) is 5.56 Å². The van der Waals surface area contributed by atoms with E-state index >= 15 is 0 Å². The minimum atomic E-state index is -3.13. The maximum absolute atomic E-state index is 11.2. The summed E-state index contributed by atoms with van der Waals surface area (Å²) < 4.78 is 22.5. The molecule has 1 unspecified atom stereocenters. The third-order valence-electron chi connectivity index (χ3n) is 2.32. The lowest BCUT2D eigenvalue weighted by Gasteiger charge is -2.09. The van der Waals surface area contributed by atoms with E-state index in [1.807, 2.05) is 0 Å². The normalized spacial score (nSPS) is 13.6. The van der Waals surface area contributed by atoms with Gasteiger partial charge in [0.1, 0.15) is 0 Å². The van der Waals surface area contributed by atoms with Gasteiger partial charge in [-0.25, -0.2) is 8.42 Å². The zero-order valence-electron chi connectivity index (χ0n) is 9.76. The zero-order chi connectivity index (χ0) is 12.9. The van der Waals surface area contributed by atoms with Gasteiger partial charge in [0.2, 0.25) is 0 Å². The highest BCUT2D eigenvalue weighted by atomic mass is 32.2. The first kappa shape index (κ1) is 14.1. The fraction of sp³-hybridized carbons (Fsp3) is 0.455. The summed E-state index contributed by atoms with van der Waals surface area (Å²) in [6.45, 7) is 1.06. The number of nitrogens with one attached hydrogen (secondary N) is 1. The van der Waals surface area contributed by atoms with Crippen LogP contribution in [0.5, 0.6) is 0 Å². The summed E-state index contributed by atoms with van der Waals surface area (Å²) in [5.41, 5.74) is 6.50. The maximum atomic E-state index is 11.2. The molecule has 5 nitrogen and oxygen atoms in total. The Bertz CT molecular complexity index is 442. The van der Waals surface area contributed by atoms with E-state index in [0.29, 0.717) is 18.0 Å². The molecule has 4 N–H and O–H groups in total. The van der Waals surface area contributed by atoms with Gasteiger partial charge in [-0.05, 0) is 17.7 Å². The number of benzene rings is 1. The molecule has 0 heterocycles. The van der Waals surface area contributed by atoms with Crippen molar-refractivity contribution in [2.24, 2.45) is 5.73 Å². The van der Waals surface area contributed by atoms with E-state index in [9.17, 15) is 8.42 Å². The van der Waals surface area contributed by atoms with Crippen molar-refractivity contribution in [3.63, 3.8) is 0 Å². The van der Waals surface area contributed by atoms with Crippen LogP contribution >= 0.6 is 0 Å². The molecule has 0 aliphatic rings. The van der Waals surface area contributed by atoms with Crippen molar-refractivity contribution in [1.82, 2.24) is 5.32 Å². The second-order valence-electron chi connectivity index (χ2n) is 3.99. The lowest BCUT2D eigenvalue weighted by atomic mass is 10.2. The molecule has 96 valence electrons. The summed E-state index contributed by atoms with van der Waals surface area (Å²) >= 11 is 0. The van der Waals surface area contributed by atoms with Crippen LogP contribution < -0.4 is 11.1 Å². The number of hydrogen-bond donors (Lipinski definition) is 3. The third kappa shape index (κ3) is 4.82. The molecule has 1 aromatic carbocycles. The van der Waals surface area contributed by atoms with E-state index in [-0.39, 0.29) is 12.6 Å². The van der Waals surface area contributed by atoms with Gasteiger partial charge in [-0.1, -0.05) is 12.1 Å². The first-order valence-electron chi connectivity index (χ1n) is 5.29. The molecule has 17 heavy (non-hydrogen) atoms. The first-order chi connectivity index (χ1) is 7.93. The molecular formula is C11H18N2O3S. The van der Waals surface area contributed by atoms with Crippen LogP contribution in [-0.4, -0.2) is 39.0 Å². The smallest absolute Gasteiger partial charge is 0.175 e. The minimum Gasteiger partial charge on any atom is -0.395 e. The molecule has 0 bridgehead atoms. The molecule has 1 aromatic rings. The Balaban J connectivity index is 2.52. The highest BCUT2D eigenvalue weighted by Gasteiger charge is 2.06. The Labute approximate surface area is 102 Å². The topological polar surface area (TPSA) is 92.4 Å². The van der Waals surface area contributed by atoms with Crippen molar-refractivity contribution in [3.05, 3.63) is 29.8 Å². The molecule has 0 saturated carbocycles. The summed E-state index contributed by atoms with van der Waals surface area (Å²) in [5.74, 6) is 0. The molecule has 6 heteroatoms. The van der Waals surface area contributed by atoms with Crippen molar-refractivity contribution < 1.29 is 13.5 Å². The number of sulfone groups is 1. The number of nitrogens with two attached hydrogens (primary N) is 1. The van der Waals surface area contributed by atoms with Crippen molar-refractivity contribution >= 4 is 9.84 Å². The second kappa shape index (κ2) is 6.11. The average molecular weight is 258 g/mol. The predicted molar refractivity (Wildman–Crippen MR) is 66.3 cm³/mol. The van der Waals surface area contributed by atoms with Crippen LogP contribution in [0.2, 0.25) is 0 Å². The molecule has 1 atom stereocenters. The highest BCUT2D eigenvalue weighted by Crippen LogP contribution is 2.09. The Hall–Kier alpha value is -0.950. The van der Waals surface area contributed by atoms with Gasteiger partial charge >= 0.3 is 0 Å². The summed E-state index contributed by atoms with van der Waals surface area (Å²) in [6.07, 6.45) is 1.18.